The van der Waals surface area contributed by atoms with E-state index in [4.69, 9.17) is 13.7 Å². The summed E-state index contributed by atoms with van der Waals surface area (Å²) in [6.07, 6.45) is 0. The van der Waals surface area contributed by atoms with E-state index in [2.05, 4.69) is 24.3 Å². The van der Waals surface area contributed by atoms with E-state index in [1.54, 1.807) is 24.3 Å². The van der Waals surface area contributed by atoms with Gasteiger partial charge in [-0.25, -0.2) is 0 Å². The first-order chi connectivity index (χ1) is 22.5. The van der Waals surface area contributed by atoms with Gasteiger partial charge in [-0.3, -0.25) is 0 Å². The van der Waals surface area contributed by atoms with E-state index in [1.807, 2.05) is 54.6 Å². The maximum absolute atomic E-state index is 8.66. The van der Waals surface area contributed by atoms with E-state index < -0.39 is 60.4 Å². The molecule has 0 aliphatic heterocycles. The van der Waals surface area contributed by atoms with Crippen molar-refractivity contribution in [3.63, 3.8) is 0 Å². The molecule has 176 valence electrons. The third-order valence-electron chi connectivity index (χ3n) is 6.07. The molecule has 6 aromatic rings. The smallest absolute Gasteiger partial charge is 0.0645 e. The number of nitrogens with zero attached hydrogens (tertiary/aromatic N) is 1. The predicted octanol–water partition coefficient (Wildman–Crippen LogP) is 10.2. The van der Waals surface area contributed by atoms with Crippen LogP contribution in [-0.4, -0.2) is 0 Å². The molecule has 0 atom stereocenters. The Labute approximate surface area is 233 Å². The Morgan fingerprint density at radius 3 is 1.41 bits per heavy atom. The first-order valence-corrected chi connectivity index (χ1v) is 11.8. The molecule has 37 heavy (non-hydrogen) atoms. The number of hydrogen-bond acceptors (Lipinski definition) is 1. The quantitative estimate of drug-likeness (QED) is 0.228. The lowest BCUT2D eigenvalue weighted by Gasteiger charge is -2.25. The van der Waals surface area contributed by atoms with Crippen LogP contribution in [0.2, 0.25) is 0 Å². The lowest BCUT2D eigenvalue weighted by Crippen LogP contribution is -2.09. The second kappa shape index (κ2) is 10.4. The molecule has 0 bridgehead atoms. The number of hydrogen-bond donors (Lipinski definition) is 0. The van der Waals surface area contributed by atoms with Gasteiger partial charge in [-0.15, -0.1) is 0 Å². The van der Waals surface area contributed by atoms with Crippen molar-refractivity contribution in [2.75, 3.05) is 4.90 Å². The first kappa shape index (κ1) is 14.0. The molecule has 0 heterocycles. The average Bonchev–Trinajstić information content (AvgIpc) is 3.11. The van der Waals surface area contributed by atoms with Gasteiger partial charge in [0.1, 0.15) is 0 Å². The molecule has 1 nitrogen and oxygen atoms in total. The zero-order chi connectivity index (χ0) is 33.6. The van der Waals surface area contributed by atoms with Crippen molar-refractivity contribution >= 4 is 17.1 Å². The molecule has 0 amide bonds. The lowest BCUT2D eigenvalue weighted by molar-refractivity contribution is 1.28. The number of benzene rings is 6. The summed E-state index contributed by atoms with van der Waals surface area (Å²) in [6, 6.07) is 27.2. The van der Waals surface area contributed by atoms with Crippen molar-refractivity contribution in [1.29, 1.82) is 0 Å². The Kier molecular flexibility index (Phi) is 3.94. The zero-order valence-corrected chi connectivity index (χ0v) is 19.8. The summed E-state index contributed by atoms with van der Waals surface area (Å²) in [7, 11) is 0. The largest absolute Gasteiger partial charge is 0.311 e. The van der Waals surface area contributed by atoms with Crippen LogP contribution in [0.3, 0.4) is 0 Å². The fourth-order valence-electron chi connectivity index (χ4n) is 4.33. The molecular weight excluding hydrogens is 446 g/mol. The Hall–Kier alpha value is -4.88. The van der Waals surface area contributed by atoms with Crippen LogP contribution in [0.1, 0.15) is 13.7 Å². The van der Waals surface area contributed by atoms with Gasteiger partial charge in [0.05, 0.1) is 13.7 Å². The maximum atomic E-state index is 8.66. The van der Waals surface area contributed by atoms with Gasteiger partial charge in [0, 0.05) is 17.1 Å². The van der Waals surface area contributed by atoms with Crippen molar-refractivity contribution in [3.05, 3.63) is 164 Å². The molecule has 0 aromatic heterocycles. The number of para-hydroxylation sites is 2. The lowest BCUT2D eigenvalue weighted by atomic mass is 9.91. The summed E-state index contributed by atoms with van der Waals surface area (Å²) in [6.45, 7) is 0. The topological polar surface area (TPSA) is 3.24 Å². The van der Waals surface area contributed by atoms with Crippen LogP contribution in [0.25, 0.3) is 33.4 Å². The molecule has 0 N–H and O–H groups in total. The van der Waals surface area contributed by atoms with Crippen molar-refractivity contribution in [1.82, 2.24) is 0 Å². The molecule has 0 spiro atoms. The van der Waals surface area contributed by atoms with Crippen LogP contribution in [0.15, 0.2) is 164 Å². The summed E-state index contributed by atoms with van der Waals surface area (Å²) in [5.74, 6) is 0. The molecule has 0 aliphatic carbocycles. The molecule has 0 saturated carbocycles. The normalized spacial score (nSPS) is 14.5. The number of rotatable bonds is 6. The fraction of sp³-hybridized carbons (Fsp3) is 0. The minimum absolute atomic E-state index is 0.245. The van der Waals surface area contributed by atoms with E-state index in [9.17, 15) is 0 Å². The summed E-state index contributed by atoms with van der Waals surface area (Å²) in [4.78, 5) is 1.15. The Morgan fingerprint density at radius 2 is 0.865 bits per heavy atom. The van der Waals surface area contributed by atoms with Crippen LogP contribution >= 0.6 is 0 Å². The monoisotopic (exact) mass is 483 g/mol. The van der Waals surface area contributed by atoms with Crippen molar-refractivity contribution in [2.45, 2.75) is 0 Å². The maximum Gasteiger partial charge on any atom is 0.0645 e. The summed E-state index contributed by atoms with van der Waals surface area (Å²) in [5.41, 5.74) is 5.49. The van der Waals surface area contributed by atoms with Gasteiger partial charge in [-0.2, -0.15) is 0 Å². The van der Waals surface area contributed by atoms with Crippen LogP contribution in [0, 0.1) is 0 Å². The average molecular weight is 484 g/mol. The second-order valence-electron chi connectivity index (χ2n) is 8.32. The van der Waals surface area contributed by atoms with Gasteiger partial charge in [-0.1, -0.05) is 121 Å². The third kappa shape index (κ3) is 4.80. The molecule has 0 saturated heterocycles. The van der Waals surface area contributed by atoms with E-state index in [0.29, 0.717) is 0 Å². The predicted molar refractivity (Wildman–Crippen MR) is 157 cm³/mol. The number of anilines is 3. The molecule has 6 rings (SSSR count). The summed E-state index contributed by atoms with van der Waals surface area (Å²) >= 11 is 0. The van der Waals surface area contributed by atoms with Crippen LogP contribution in [0.4, 0.5) is 17.1 Å². The Balaban J connectivity index is 1.54. The van der Waals surface area contributed by atoms with Gasteiger partial charge in [-0.05, 0) is 75.7 Å². The molecule has 0 fully saturated rings. The zero-order valence-electron chi connectivity index (χ0n) is 29.8. The van der Waals surface area contributed by atoms with Crippen LogP contribution in [-0.2, 0) is 0 Å². The van der Waals surface area contributed by atoms with Gasteiger partial charge in [0.2, 0.25) is 0 Å². The Bertz CT molecular complexity index is 2010. The SMILES string of the molecule is [2H]c1c([2H])c([2H])c(N(c2ccc(-c3ccc(-c4ccccc4)c(-c4ccccc4)c3)cc2)c2c([2H])c([2H])c([2H])c([2H])c2[2H])c([2H])c1[2H]. The highest BCUT2D eigenvalue weighted by Crippen LogP contribution is 2.38. The summed E-state index contributed by atoms with van der Waals surface area (Å²) < 4.78 is 83.8. The van der Waals surface area contributed by atoms with E-state index in [0.717, 1.165) is 38.3 Å². The van der Waals surface area contributed by atoms with Gasteiger partial charge < -0.3 is 4.90 Å². The Morgan fingerprint density at radius 1 is 0.378 bits per heavy atom. The van der Waals surface area contributed by atoms with Gasteiger partial charge in [0.15, 0.2) is 0 Å². The first-order valence-electron chi connectivity index (χ1n) is 16.8. The minimum Gasteiger partial charge on any atom is -0.311 e. The fourth-order valence-corrected chi connectivity index (χ4v) is 4.33. The van der Waals surface area contributed by atoms with Gasteiger partial charge >= 0.3 is 0 Å². The van der Waals surface area contributed by atoms with Crippen LogP contribution < -0.4 is 4.90 Å². The van der Waals surface area contributed by atoms with E-state index in [-0.39, 0.29) is 17.1 Å². The van der Waals surface area contributed by atoms with Crippen LogP contribution in [0.5, 0.6) is 0 Å². The molecular formula is C36H27N. The van der Waals surface area contributed by atoms with E-state index in [1.165, 1.54) is 0 Å². The summed E-state index contributed by atoms with van der Waals surface area (Å²) in [5, 5.41) is 0. The molecule has 6 aromatic carbocycles. The van der Waals surface area contributed by atoms with Gasteiger partial charge in [0.25, 0.3) is 0 Å². The third-order valence-corrected chi connectivity index (χ3v) is 6.07. The highest BCUT2D eigenvalue weighted by Gasteiger charge is 2.13. The van der Waals surface area contributed by atoms with E-state index >= 15 is 0 Å². The minimum atomic E-state index is -0.609. The standard InChI is InChI=1S/C36H27N/c1-5-13-29(14-6-1)35-26-23-31(27-36(35)30-15-7-2-8-16-30)28-21-24-34(25-22-28)37(32-17-9-3-10-18-32)33-19-11-4-12-20-33/h1-27H/i3D,4D,9D,10D,11D,12D,17D,18D,19D,20D. The molecule has 1 heteroatoms. The molecule has 0 unspecified atom stereocenters. The molecule has 0 radical (unpaired) electrons. The highest BCUT2D eigenvalue weighted by molar-refractivity contribution is 5.87. The highest BCUT2D eigenvalue weighted by atomic mass is 15.1. The molecule has 0 aliphatic rings. The van der Waals surface area contributed by atoms with Crippen molar-refractivity contribution in [2.24, 2.45) is 0 Å². The van der Waals surface area contributed by atoms with Crippen molar-refractivity contribution in [3.8, 4) is 33.4 Å². The van der Waals surface area contributed by atoms with Crippen molar-refractivity contribution < 1.29 is 13.7 Å². The second-order valence-corrected chi connectivity index (χ2v) is 8.32.